The first-order valence-corrected chi connectivity index (χ1v) is 6.40. The van der Waals surface area contributed by atoms with Gasteiger partial charge in [-0.3, -0.25) is 0 Å². The van der Waals surface area contributed by atoms with Gasteiger partial charge < -0.3 is 20.6 Å². The maximum Gasteiger partial charge on any atom is 0.329 e. The van der Waals surface area contributed by atoms with Crippen LogP contribution in [-0.2, 0) is 4.79 Å². The molecule has 104 valence electrons. The van der Waals surface area contributed by atoms with E-state index in [0.717, 1.165) is 25.9 Å². The van der Waals surface area contributed by atoms with E-state index >= 15 is 0 Å². The van der Waals surface area contributed by atoms with Crippen LogP contribution < -0.4 is 10.6 Å². The van der Waals surface area contributed by atoms with Crippen LogP contribution in [0.1, 0.15) is 33.1 Å². The summed E-state index contributed by atoms with van der Waals surface area (Å²) in [7, 11) is 1.73. The second-order valence-electron chi connectivity index (χ2n) is 5.01. The van der Waals surface area contributed by atoms with Crippen LogP contribution in [0, 0.1) is 0 Å². The number of rotatable bonds is 4. The number of aliphatic carboxylic acids is 1. The fourth-order valence-corrected chi connectivity index (χ4v) is 1.98. The molecule has 0 saturated carbocycles. The SMILES string of the molecule is CCC(C)(NC(=O)N(C)C1CCNCC1)C(=O)O. The van der Waals surface area contributed by atoms with Crippen molar-refractivity contribution >= 4 is 12.0 Å². The summed E-state index contributed by atoms with van der Waals surface area (Å²) in [6.45, 7) is 5.07. The predicted molar refractivity (Wildman–Crippen MR) is 68.5 cm³/mol. The highest BCUT2D eigenvalue weighted by molar-refractivity contribution is 5.85. The minimum atomic E-state index is -1.20. The Balaban J connectivity index is 2.60. The van der Waals surface area contributed by atoms with E-state index in [2.05, 4.69) is 10.6 Å². The molecule has 0 radical (unpaired) electrons. The summed E-state index contributed by atoms with van der Waals surface area (Å²) in [5.41, 5.74) is -1.20. The largest absolute Gasteiger partial charge is 0.480 e. The molecule has 1 saturated heterocycles. The van der Waals surface area contributed by atoms with Crippen molar-refractivity contribution in [1.82, 2.24) is 15.5 Å². The Hall–Kier alpha value is -1.30. The monoisotopic (exact) mass is 257 g/mol. The number of piperidine rings is 1. The quantitative estimate of drug-likeness (QED) is 0.690. The molecule has 1 unspecified atom stereocenters. The highest BCUT2D eigenvalue weighted by atomic mass is 16.4. The van der Waals surface area contributed by atoms with E-state index in [1.54, 1.807) is 18.9 Å². The second kappa shape index (κ2) is 6.04. The molecule has 0 spiro atoms. The summed E-state index contributed by atoms with van der Waals surface area (Å²) in [5.74, 6) is -1.00. The van der Waals surface area contributed by atoms with E-state index in [1.807, 2.05) is 0 Å². The predicted octanol–water partition coefficient (Wildman–Crippen LogP) is 0.633. The van der Waals surface area contributed by atoms with Gasteiger partial charge in [-0.25, -0.2) is 9.59 Å². The van der Waals surface area contributed by atoms with Gasteiger partial charge in [0.15, 0.2) is 0 Å². The molecule has 3 N–H and O–H groups in total. The van der Waals surface area contributed by atoms with Gasteiger partial charge in [-0.1, -0.05) is 6.92 Å². The zero-order valence-electron chi connectivity index (χ0n) is 11.3. The minimum Gasteiger partial charge on any atom is -0.480 e. The van der Waals surface area contributed by atoms with Crippen molar-refractivity contribution in [2.45, 2.75) is 44.7 Å². The molecular formula is C12H23N3O3. The summed E-state index contributed by atoms with van der Waals surface area (Å²) in [4.78, 5) is 24.8. The Labute approximate surface area is 108 Å². The maximum absolute atomic E-state index is 12.1. The Morgan fingerprint density at radius 3 is 2.44 bits per heavy atom. The number of carbonyl (C=O) groups is 2. The zero-order chi connectivity index (χ0) is 13.8. The first kappa shape index (κ1) is 14.8. The van der Waals surface area contributed by atoms with Gasteiger partial charge in [-0.05, 0) is 39.3 Å². The van der Waals surface area contributed by atoms with Crippen LogP contribution in [0.5, 0.6) is 0 Å². The first-order valence-electron chi connectivity index (χ1n) is 6.40. The number of carbonyl (C=O) groups excluding carboxylic acids is 1. The van der Waals surface area contributed by atoms with Crippen LogP contribution >= 0.6 is 0 Å². The van der Waals surface area contributed by atoms with Crippen molar-refractivity contribution in [3.05, 3.63) is 0 Å². The van der Waals surface area contributed by atoms with Gasteiger partial charge in [-0.15, -0.1) is 0 Å². The number of urea groups is 1. The molecule has 6 heteroatoms. The standard InChI is InChI=1S/C12H23N3O3/c1-4-12(2,10(16)17)14-11(18)15(3)9-5-7-13-8-6-9/h9,13H,4-8H2,1-3H3,(H,14,18)(H,16,17). The van der Waals surface area contributed by atoms with Gasteiger partial charge in [0, 0.05) is 13.1 Å². The summed E-state index contributed by atoms with van der Waals surface area (Å²) in [6, 6.07) is -0.130. The van der Waals surface area contributed by atoms with Gasteiger partial charge in [0.2, 0.25) is 0 Å². The number of hydrogen-bond donors (Lipinski definition) is 3. The number of carboxylic acids is 1. The van der Waals surface area contributed by atoms with Gasteiger partial charge in [0.25, 0.3) is 0 Å². The highest BCUT2D eigenvalue weighted by Gasteiger charge is 2.34. The average molecular weight is 257 g/mol. The average Bonchev–Trinajstić information content (AvgIpc) is 2.38. The van der Waals surface area contributed by atoms with E-state index in [9.17, 15) is 9.59 Å². The Morgan fingerprint density at radius 2 is 2.00 bits per heavy atom. The first-order chi connectivity index (χ1) is 8.40. The number of nitrogens with one attached hydrogen (secondary N) is 2. The molecule has 1 fully saturated rings. The van der Waals surface area contributed by atoms with Crippen LogP contribution in [-0.4, -0.2) is 53.7 Å². The fourth-order valence-electron chi connectivity index (χ4n) is 1.98. The summed E-state index contributed by atoms with van der Waals surface area (Å²) >= 11 is 0. The Bertz CT molecular complexity index is 316. The van der Waals surface area contributed by atoms with Gasteiger partial charge in [-0.2, -0.15) is 0 Å². The van der Waals surface area contributed by atoms with E-state index < -0.39 is 11.5 Å². The minimum absolute atomic E-state index is 0.182. The lowest BCUT2D eigenvalue weighted by molar-refractivity contribution is -0.143. The van der Waals surface area contributed by atoms with Crippen LogP contribution in [0.4, 0.5) is 4.79 Å². The second-order valence-corrected chi connectivity index (χ2v) is 5.01. The van der Waals surface area contributed by atoms with Crippen LogP contribution in [0.3, 0.4) is 0 Å². The molecule has 18 heavy (non-hydrogen) atoms. The van der Waals surface area contributed by atoms with Gasteiger partial charge in [0.1, 0.15) is 5.54 Å². The lowest BCUT2D eigenvalue weighted by atomic mass is 9.99. The molecule has 1 rings (SSSR count). The normalized spacial score (nSPS) is 19.9. The third-order valence-electron chi connectivity index (χ3n) is 3.74. The van der Waals surface area contributed by atoms with Crippen molar-refractivity contribution in [3.8, 4) is 0 Å². The highest BCUT2D eigenvalue weighted by Crippen LogP contribution is 2.13. The van der Waals surface area contributed by atoms with E-state index in [0.29, 0.717) is 6.42 Å². The van der Waals surface area contributed by atoms with E-state index in [4.69, 9.17) is 5.11 Å². The molecule has 1 heterocycles. The molecule has 0 bridgehead atoms. The van der Waals surface area contributed by atoms with Crippen molar-refractivity contribution in [3.63, 3.8) is 0 Å². The van der Waals surface area contributed by atoms with Crippen molar-refractivity contribution in [2.75, 3.05) is 20.1 Å². The number of carboxylic acid groups (broad SMARTS) is 1. The molecule has 0 aromatic heterocycles. The van der Waals surface area contributed by atoms with Crippen molar-refractivity contribution in [1.29, 1.82) is 0 Å². The lowest BCUT2D eigenvalue weighted by Gasteiger charge is -2.34. The smallest absolute Gasteiger partial charge is 0.329 e. The zero-order valence-corrected chi connectivity index (χ0v) is 11.3. The number of nitrogens with zero attached hydrogens (tertiary/aromatic N) is 1. The van der Waals surface area contributed by atoms with Gasteiger partial charge in [0.05, 0.1) is 0 Å². The third-order valence-corrected chi connectivity index (χ3v) is 3.74. The van der Waals surface area contributed by atoms with Crippen LogP contribution in [0.15, 0.2) is 0 Å². The lowest BCUT2D eigenvalue weighted by Crippen LogP contribution is -2.57. The third kappa shape index (κ3) is 3.35. The summed E-state index contributed by atoms with van der Waals surface area (Å²) in [5, 5.41) is 15.0. The number of amides is 2. The molecule has 1 atom stereocenters. The molecule has 0 aromatic rings. The topological polar surface area (TPSA) is 81.7 Å². The summed E-state index contributed by atoms with van der Waals surface area (Å²) in [6.07, 6.45) is 2.16. The molecule has 1 aliphatic heterocycles. The van der Waals surface area contributed by atoms with E-state index in [1.165, 1.54) is 6.92 Å². The van der Waals surface area contributed by atoms with Crippen LogP contribution in [0.2, 0.25) is 0 Å². The van der Waals surface area contributed by atoms with Gasteiger partial charge >= 0.3 is 12.0 Å². The number of hydrogen-bond acceptors (Lipinski definition) is 3. The molecule has 2 amide bonds. The van der Waals surface area contributed by atoms with Crippen molar-refractivity contribution in [2.24, 2.45) is 0 Å². The molecule has 0 aliphatic carbocycles. The Kier molecular flexibility index (Phi) is 4.95. The molecule has 1 aliphatic rings. The van der Waals surface area contributed by atoms with E-state index in [-0.39, 0.29) is 12.1 Å². The molecule has 0 aromatic carbocycles. The van der Waals surface area contributed by atoms with Crippen molar-refractivity contribution < 1.29 is 14.7 Å². The van der Waals surface area contributed by atoms with Crippen LogP contribution in [0.25, 0.3) is 0 Å². The summed E-state index contributed by atoms with van der Waals surface area (Å²) < 4.78 is 0. The molecule has 6 nitrogen and oxygen atoms in total. The Morgan fingerprint density at radius 1 is 1.44 bits per heavy atom. The maximum atomic E-state index is 12.1. The molecular weight excluding hydrogens is 234 g/mol. The fraction of sp³-hybridized carbons (Fsp3) is 0.833.